The quantitative estimate of drug-likeness (QED) is 0.181. The van der Waals surface area contributed by atoms with Crippen LogP contribution in [0.5, 0.6) is 17.2 Å². The number of oxime groups is 1. The van der Waals surface area contributed by atoms with Gasteiger partial charge in [-0.15, -0.1) is 0 Å². The van der Waals surface area contributed by atoms with E-state index in [1.807, 2.05) is 91.0 Å². The molecule has 0 spiro atoms. The Hall–Kier alpha value is -5.09. The van der Waals surface area contributed by atoms with E-state index >= 15 is 0 Å². The molecule has 1 N–H and O–H groups in total. The van der Waals surface area contributed by atoms with Crippen LogP contribution in [0.1, 0.15) is 29.0 Å². The van der Waals surface area contributed by atoms with Crippen LogP contribution >= 0.6 is 0 Å². The van der Waals surface area contributed by atoms with Crippen LogP contribution in [0, 0.1) is 11.3 Å². The molecule has 38 heavy (non-hydrogen) atoms. The summed E-state index contributed by atoms with van der Waals surface area (Å²) in [5.74, 6) is 0.260. The summed E-state index contributed by atoms with van der Waals surface area (Å²) < 4.78 is 11.8. The molecule has 0 aliphatic rings. The molecule has 7 nitrogen and oxygen atoms in total. The van der Waals surface area contributed by atoms with Crippen LogP contribution in [0.2, 0.25) is 0 Å². The molecule has 4 aromatic carbocycles. The maximum Gasteiger partial charge on any atom is 0.305 e. The first-order valence-electron chi connectivity index (χ1n) is 12.0. The van der Waals surface area contributed by atoms with Gasteiger partial charge in [-0.05, 0) is 47.5 Å². The number of carboxylic acids is 1. The molecule has 0 amide bonds. The number of rotatable bonds is 12. The molecular weight excluding hydrogens is 480 g/mol. The van der Waals surface area contributed by atoms with Crippen molar-refractivity contribution < 1.29 is 24.2 Å². The summed E-state index contributed by atoms with van der Waals surface area (Å²) in [4.78, 5) is 16.5. The van der Waals surface area contributed by atoms with E-state index in [4.69, 9.17) is 19.4 Å². The fourth-order valence-corrected chi connectivity index (χ4v) is 3.59. The summed E-state index contributed by atoms with van der Waals surface area (Å²) >= 11 is 0. The summed E-state index contributed by atoms with van der Waals surface area (Å²) in [6.45, 7) is 0.572. The Bertz CT molecular complexity index is 1380. The van der Waals surface area contributed by atoms with Gasteiger partial charge in [0.05, 0.1) is 18.4 Å². The predicted octanol–water partition coefficient (Wildman–Crippen LogP) is 6.21. The minimum Gasteiger partial charge on any atom is -0.489 e. The van der Waals surface area contributed by atoms with Crippen molar-refractivity contribution in [2.24, 2.45) is 5.16 Å². The zero-order valence-electron chi connectivity index (χ0n) is 20.6. The lowest BCUT2D eigenvalue weighted by Crippen LogP contribution is -2.14. The van der Waals surface area contributed by atoms with Crippen molar-refractivity contribution in [2.45, 2.75) is 18.9 Å². The zero-order valence-corrected chi connectivity index (χ0v) is 20.6. The molecular formula is C31H26N2O5. The molecule has 0 aliphatic carbocycles. The van der Waals surface area contributed by atoms with Crippen molar-refractivity contribution in [3.8, 4) is 23.3 Å². The smallest absolute Gasteiger partial charge is 0.305 e. The number of carboxylic acid groups (broad SMARTS) is 1. The molecule has 0 saturated carbocycles. The zero-order chi connectivity index (χ0) is 26.6. The van der Waals surface area contributed by atoms with Gasteiger partial charge in [0.2, 0.25) is 0 Å². The SMILES string of the molecule is N#CC(CC(=O)O)c1ccc(OCc2ccc(OC/C(=N\Oc3ccccc3)c3ccccc3)cc2)cc1. The lowest BCUT2D eigenvalue weighted by Gasteiger charge is -2.11. The number of hydrogen-bond donors (Lipinski definition) is 1. The van der Waals surface area contributed by atoms with Crippen LogP contribution in [0.25, 0.3) is 0 Å². The normalized spacial score (nSPS) is 11.7. The highest BCUT2D eigenvalue weighted by Crippen LogP contribution is 2.23. The second-order valence-corrected chi connectivity index (χ2v) is 8.38. The number of carbonyl (C=O) groups is 1. The van der Waals surface area contributed by atoms with E-state index in [9.17, 15) is 10.1 Å². The molecule has 1 unspecified atom stereocenters. The van der Waals surface area contributed by atoms with Gasteiger partial charge in [-0.2, -0.15) is 5.26 Å². The number of hydrogen-bond acceptors (Lipinski definition) is 6. The van der Waals surface area contributed by atoms with Crippen molar-refractivity contribution in [3.63, 3.8) is 0 Å². The van der Waals surface area contributed by atoms with Gasteiger partial charge in [-0.25, -0.2) is 0 Å². The highest BCUT2D eigenvalue weighted by Gasteiger charge is 2.14. The predicted molar refractivity (Wildman–Crippen MR) is 143 cm³/mol. The Morgan fingerprint density at radius 3 is 2.03 bits per heavy atom. The fraction of sp³-hybridized carbons (Fsp3) is 0.129. The molecule has 1 atom stereocenters. The first-order chi connectivity index (χ1) is 18.6. The van der Waals surface area contributed by atoms with E-state index in [0.717, 1.165) is 11.1 Å². The summed E-state index contributed by atoms with van der Waals surface area (Å²) in [7, 11) is 0. The summed E-state index contributed by atoms with van der Waals surface area (Å²) in [6.07, 6.45) is -0.232. The maximum atomic E-state index is 10.9. The van der Waals surface area contributed by atoms with E-state index in [1.54, 1.807) is 24.3 Å². The Morgan fingerprint density at radius 2 is 1.39 bits per heavy atom. The molecule has 0 aliphatic heterocycles. The standard InChI is InChI=1S/C31H26N2O5/c32-20-26(19-31(34)35)24-13-17-28(18-14-24)36-21-23-11-15-27(16-12-23)37-22-30(25-7-3-1-4-8-25)33-38-29-9-5-2-6-10-29/h1-18,26H,19,21-22H2,(H,34,35)/b33-30+. The van der Waals surface area contributed by atoms with Crippen LogP contribution in [-0.2, 0) is 11.4 Å². The van der Waals surface area contributed by atoms with Gasteiger partial charge in [-0.1, -0.05) is 78.0 Å². The Balaban J connectivity index is 1.33. The molecule has 4 rings (SSSR count). The lowest BCUT2D eigenvalue weighted by molar-refractivity contribution is -0.137. The third-order valence-corrected chi connectivity index (χ3v) is 5.63. The first kappa shape index (κ1) is 26.0. The largest absolute Gasteiger partial charge is 0.489 e. The average molecular weight is 507 g/mol. The van der Waals surface area contributed by atoms with Gasteiger partial charge in [0.1, 0.15) is 30.4 Å². The van der Waals surface area contributed by atoms with Gasteiger partial charge in [-0.3, -0.25) is 4.79 Å². The van der Waals surface area contributed by atoms with Gasteiger partial charge < -0.3 is 19.4 Å². The van der Waals surface area contributed by atoms with Crippen LogP contribution < -0.4 is 14.3 Å². The third-order valence-electron chi connectivity index (χ3n) is 5.63. The minimum atomic E-state index is -1.01. The number of nitrogens with zero attached hydrogens (tertiary/aromatic N) is 2. The Kier molecular flexibility index (Phi) is 9.08. The number of aliphatic carboxylic acids is 1. The summed E-state index contributed by atoms with van der Waals surface area (Å²) in [5, 5.41) is 22.5. The Morgan fingerprint density at radius 1 is 0.789 bits per heavy atom. The van der Waals surface area contributed by atoms with Crippen molar-refractivity contribution in [3.05, 3.63) is 126 Å². The van der Waals surface area contributed by atoms with Crippen LogP contribution in [-0.4, -0.2) is 23.4 Å². The lowest BCUT2D eigenvalue weighted by atomic mass is 9.97. The fourth-order valence-electron chi connectivity index (χ4n) is 3.59. The minimum absolute atomic E-state index is 0.227. The molecule has 0 fully saturated rings. The topological polar surface area (TPSA) is 101 Å². The number of para-hydroxylation sites is 1. The molecule has 0 radical (unpaired) electrons. The average Bonchev–Trinajstić information content (AvgIpc) is 2.96. The number of nitriles is 1. The second-order valence-electron chi connectivity index (χ2n) is 8.38. The third kappa shape index (κ3) is 7.70. The van der Waals surface area contributed by atoms with Gasteiger partial charge in [0, 0.05) is 5.56 Å². The van der Waals surface area contributed by atoms with Crippen LogP contribution in [0.15, 0.2) is 114 Å². The Labute approximate surface area is 221 Å². The van der Waals surface area contributed by atoms with Crippen molar-refractivity contribution in [2.75, 3.05) is 6.61 Å². The van der Waals surface area contributed by atoms with Gasteiger partial charge in [0.25, 0.3) is 0 Å². The first-order valence-corrected chi connectivity index (χ1v) is 12.0. The molecule has 190 valence electrons. The number of ether oxygens (including phenoxy) is 2. The van der Waals surface area contributed by atoms with Crippen molar-refractivity contribution >= 4 is 11.7 Å². The van der Waals surface area contributed by atoms with Crippen molar-refractivity contribution in [1.29, 1.82) is 5.26 Å². The van der Waals surface area contributed by atoms with Gasteiger partial charge >= 0.3 is 5.97 Å². The molecule has 7 heteroatoms. The van der Waals surface area contributed by atoms with Crippen LogP contribution in [0.3, 0.4) is 0 Å². The molecule has 0 heterocycles. The molecule has 0 saturated heterocycles. The second kappa shape index (κ2) is 13.3. The highest BCUT2D eigenvalue weighted by molar-refractivity contribution is 6.01. The molecule has 0 aromatic heterocycles. The van der Waals surface area contributed by atoms with Gasteiger partial charge in [0.15, 0.2) is 5.75 Å². The summed E-state index contributed by atoms with van der Waals surface area (Å²) in [6, 6.07) is 35.6. The monoisotopic (exact) mass is 506 g/mol. The highest BCUT2D eigenvalue weighted by atomic mass is 16.6. The molecule has 4 aromatic rings. The van der Waals surface area contributed by atoms with E-state index in [1.165, 1.54) is 0 Å². The summed E-state index contributed by atoms with van der Waals surface area (Å²) in [5.41, 5.74) is 3.17. The van der Waals surface area contributed by atoms with Crippen LogP contribution in [0.4, 0.5) is 0 Å². The molecule has 0 bridgehead atoms. The maximum absolute atomic E-state index is 10.9. The number of benzene rings is 4. The van der Waals surface area contributed by atoms with Crippen molar-refractivity contribution in [1.82, 2.24) is 0 Å². The van der Waals surface area contributed by atoms with E-state index < -0.39 is 11.9 Å². The van der Waals surface area contributed by atoms with E-state index in [0.29, 0.717) is 35.1 Å². The van der Waals surface area contributed by atoms with E-state index in [2.05, 4.69) is 5.16 Å². The van der Waals surface area contributed by atoms with E-state index in [-0.39, 0.29) is 13.0 Å².